The maximum Gasteiger partial charge on any atom is 0.330 e. The fraction of sp³-hybridized carbons (Fsp3) is 0.286. The minimum Gasteiger partial charge on any atom is -0.496 e. The topological polar surface area (TPSA) is 84.9 Å². The lowest BCUT2D eigenvalue weighted by atomic mass is 10.2. The zero-order valence-corrected chi connectivity index (χ0v) is 11.3. The van der Waals surface area contributed by atoms with E-state index in [1.54, 1.807) is 18.2 Å². The van der Waals surface area contributed by atoms with Crippen molar-refractivity contribution in [1.82, 2.24) is 5.32 Å². The third-order valence-electron chi connectivity index (χ3n) is 2.54. The van der Waals surface area contributed by atoms with Gasteiger partial charge < -0.3 is 19.9 Å². The van der Waals surface area contributed by atoms with Crippen LogP contribution in [0.25, 0.3) is 6.08 Å². The lowest BCUT2D eigenvalue weighted by molar-refractivity contribution is -0.145. The highest BCUT2D eigenvalue weighted by Gasteiger charge is 2.19. The van der Waals surface area contributed by atoms with Gasteiger partial charge in [0.15, 0.2) is 6.04 Å². The maximum atomic E-state index is 11.6. The Morgan fingerprint density at radius 1 is 1.35 bits per heavy atom. The molecule has 0 radical (unpaired) electrons. The smallest absolute Gasteiger partial charge is 0.330 e. The molecule has 6 heteroatoms. The van der Waals surface area contributed by atoms with Crippen LogP contribution in [0.2, 0.25) is 0 Å². The van der Waals surface area contributed by atoms with Crippen molar-refractivity contribution in [2.24, 2.45) is 0 Å². The summed E-state index contributed by atoms with van der Waals surface area (Å²) < 4.78 is 9.58. The number of benzene rings is 1. The van der Waals surface area contributed by atoms with Crippen LogP contribution in [0.1, 0.15) is 5.56 Å². The first-order chi connectivity index (χ1) is 9.62. The van der Waals surface area contributed by atoms with Crippen LogP contribution in [0.4, 0.5) is 0 Å². The molecule has 0 fully saturated rings. The molecule has 0 aliphatic rings. The molecule has 1 aromatic carbocycles. The van der Waals surface area contributed by atoms with Crippen LogP contribution in [-0.2, 0) is 14.3 Å². The number of rotatable bonds is 6. The number of amides is 1. The SMILES string of the molecule is COC(=O)[C@H](CO)NC(=O)/C=C/c1ccccc1OC. The molecule has 108 valence electrons. The van der Waals surface area contributed by atoms with Crippen molar-refractivity contribution in [3.63, 3.8) is 0 Å². The molecule has 1 aromatic rings. The molecule has 2 N–H and O–H groups in total. The molecule has 1 rings (SSSR count). The standard InChI is InChI=1S/C14H17NO5/c1-19-12-6-4-3-5-10(12)7-8-13(17)15-11(9-16)14(18)20-2/h3-8,11,16H,9H2,1-2H3,(H,15,17)/b8-7+/t11-/m0/s1. The molecule has 0 bridgehead atoms. The Bertz CT molecular complexity index is 498. The number of hydrogen-bond donors (Lipinski definition) is 2. The third kappa shape index (κ3) is 4.40. The summed E-state index contributed by atoms with van der Waals surface area (Å²) in [6.07, 6.45) is 2.81. The lowest BCUT2D eigenvalue weighted by Gasteiger charge is -2.12. The molecule has 0 aliphatic heterocycles. The van der Waals surface area contributed by atoms with E-state index in [0.29, 0.717) is 5.75 Å². The Kier molecular flexibility index (Phi) is 6.25. The van der Waals surface area contributed by atoms with Gasteiger partial charge in [0.1, 0.15) is 5.75 Å². The second-order valence-corrected chi connectivity index (χ2v) is 3.84. The molecule has 0 saturated carbocycles. The quantitative estimate of drug-likeness (QED) is 0.580. The molecule has 0 spiro atoms. The molecule has 0 unspecified atom stereocenters. The van der Waals surface area contributed by atoms with Crippen molar-refractivity contribution < 1.29 is 24.2 Å². The van der Waals surface area contributed by atoms with Crippen LogP contribution >= 0.6 is 0 Å². The predicted octanol–water partition coefficient (Wildman–Crippen LogP) is 0.358. The van der Waals surface area contributed by atoms with Crippen LogP contribution in [-0.4, -0.2) is 43.9 Å². The van der Waals surface area contributed by atoms with E-state index < -0.39 is 24.5 Å². The van der Waals surface area contributed by atoms with Gasteiger partial charge in [0, 0.05) is 11.6 Å². The number of carbonyl (C=O) groups is 2. The van der Waals surface area contributed by atoms with Gasteiger partial charge in [-0.05, 0) is 12.1 Å². The summed E-state index contributed by atoms with van der Waals surface area (Å²) in [5.74, 6) is -0.588. The second kappa shape index (κ2) is 7.96. The molecule has 0 aliphatic carbocycles. The number of para-hydroxylation sites is 1. The van der Waals surface area contributed by atoms with Gasteiger partial charge in [-0.25, -0.2) is 4.79 Å². The minimum absolute atomic E-state index is 0.514. The number of esters is 1. The zero-order valence-electron chi connectivity index (χ0n) is 11.3. The molecule has 1 atom stereocenters. The Labute approximate surface area is 117 Å². The molecule has 20 heavy (non-hydrogen) atoms. The van der Waals surface area contributed by atoms with Crippen molar-refractivity contribution >= 4 is 18.0 Å². The van der Waals surface area contributed by atoms with Gasteiger partial charge in [-0.3, -0.25) is 4.79 Å². The molecular weight excluding hydrogens is 262 g/mol. The number of aliphatic hydroxyl groups is 1. The Morgan fingerprint density at radius 2 is 2.05 bits per heavy atom. The number of methoxy groups -OCH3 is 2. The first kappa shape index (κ1) is 15.7. The third-order valence-corrected chi connectivity index (χ3v) is 2.54. The predicted molar refractivity (Wildman–Crippen MR) is 73.1 cm³/mol. The number of aliphatic hydroxyl groups excluding tert-OH is 1. The van der Waals surface area contributed by atoms with Gasteiger partial charge in [-0.1, -0.05) is 18.2 Å². The normalized spacial score (nSPS) is 11.9. The van der Waals surface area contributed by atoms with Gasteiger partial charge in [0.25, 0.3) is 0 Å². The molecule has 0 heterocycles. The van der Waals surface area contributed by atoms with Gasteiger partial charge >= 0.3 is 5.97 Å². The van der Waals surface area contributed by atoms with Gasteiger partial charge in [0.05, 0.1) is 20.8 Å². The van der Waals surface area contributed by atoms with Crippen LogP contribution < -0.4 is 10.1 Å². The Morgan fingerprint density at radius 3 is 2.65 bits per heavy atom. The van der Waals surface area contributed by atoms with Crippen LogP contribution in [0.15, 0.2) is 30.3 Å². The number of ether oxygens (including phenoxy) is 2. The fourth-order valence-corrected chi connectivity index (χ4v) is 1.51. The van der Waals surface area contributed by atoms with Crippen molar-refractivity contribution in [2.75, 3.05) is 20.8 Å². The first-order valence-corrected chi connectivity index (χ1v) is 5.92. The summed E-state index contributed by atoms with van der Waals surface area (Å²) in [5, 5.41) is 11.3. The number of nitrogens with one attached hydrogen (secondary N) is 1. The summed E-state index contributed by atoms with van der Waals surface area (Å²) in [4.78, 5) is 22.9. The van der Waals surface area contributed by atoms with E-state index in [0.717, 1.165) is 5.56 Å². The van der Waals surface area contributed by atoms with E-state index in [9.17, 15) is 9.59 Å². The summed E-state index contributed by atoms with van der Waals surface area (Å²) in [7, 11) is 2.72. The summed E-state index contributed by atoms with van der Waals surface area (Å²) in [5.41, 5.74) is 0.726. The molecule has 0 saturated heterocycles. The van der Waals surface area contributed by atoms with E-state index in [4.69, 9.17) is 9.84 Å². The highest BCUT2D eigenvalue weighted by Crippen LogP contribution is 2.18. The van der Waals surface area contributed by atoms with Crippen molar-refractivity contribution in [3.05, 3.63) is 35.9 Å². The lowest BCUT2D eigenvalue weighted by Crippen LogP contribution is -2.43. The van der Waals surface area contributed by atoms with Gasteiger partial charge in [-0.15, -0.1) is 0 Å². The van der Waals surface area contributed by atoms with E-state index in [1.807, 2.05) is 12.1 Å². The van der Waals surface area contributed by atoms with Gasteiger partial charge in [0.2, 0.25) is 5.91 Å². The van der Waals surface area contributed by atoms with E-state index >= 15 is 0 Å². The largest absolute Gasteiger partial charge is 0.496 e. The average molecular weight is 279 g/mol. The Hall–Kier alpha value is -2.34. The van der Waals surface area contributed by atoms with E-state index in [2.05, 4.69) is 10.1 Å². The average Bonchev–Trinajstić information content (AvgIpc) is 2.49. The van der Waals surface area contributed by atoms with Crippen molar-refractivity contribution in [3.8, 4) is 5.75 Å². The molecule has 1 amide bonds. The van der Waals surface area contributed by atoms with E-state index in [-0.39, 0.29) is 0 Å². The summed E-state index contributed by atoms with van der Waals surface area (Å²) in [6, 6.07) is 6.10. The molecule has 0 aromatic heterocycles. The van der Waals surface area contributed by atoms with Crippen molar-refractivity contribution in [2.45, 2.75) is 6.04 Å². The summed E-state index contributed by atoms with van der Waals surface area (Å²) >= 11 is 0. The maximum absolute atomic E-state index is 11.6. The minimum atomic E-state index is -1.07. The van der Waals surface area contributed by atoms with E-state index in [1.165, 1.54) is 20.3 Å². The van der Waals surface area contributed by atoms with Gasteiger partial charge in [-0.2, -0.15) is 0 Å². The number of carbonyl (C=O) groups excluding carboxylic acids is 2. The van der Waals surface area contributed by atoms with Crippen LogP contribution in [0.3, 0.4) is 0 Å². The van der Waals surface area contributed by atoms with Crippen molar-refractivity contribution in [1.29, 1.82) is 0 Å². The molecule has 6 nitrogen and oxygen atoms in total. The fourth-order valence-electron chi connectivity index (χ4n) is 1.51. The second-order valence-electron chi connectivity index (χ2n) is 3.84. The monoisotopic (exact) mass is 279 g/mol. The molecular formula is C14H17NO5. The van der Waals surface area contributed by atoms with Crippen LogP contribution in [0.5, 0.6) is 5.75 Å². The Balaban J connectivity index is 2.70. The summed E-state index contributed by atoms with van der Waals surface area (Å²) in [6.45, 7) is -0.527. The zero-order chi connectivity index (χ0) is 15.0. The first-order valence-electron chi connectivity index (χ1n) is 5.92. The highest BCUT2D eigenvalue weighted by atomic mass is 16.5. The number of hydrogen-bond acceptors (Lipinski definition) is 5. The highest BCUT2D eigenvalue weighted by molar-refractivity contribution is 5.94. The van der Waals surface area contributed by atoms with Crippen LogP contribution in [0, 0.1) is 0 Å².